The first-order chi connectivity index (χ1) is 6.47. The van der Waals surface area contributed by atoms with Crippen LogP contribution in [0.4, 0.5) is 0 Å². The zero-order valence-electron chi connectivity index (χ0n) is 9.42. The topological polar surface area (TPSA) is 17.1 Å². The highest BCUT2D eigenvalue weighted by Crippen LogP contribution is 2.37. The molecule has 0 aromatic carbocycles. The van der Waals surface area contributed by atoms with Crippen LogP contribution in [0.1, 0.15) is 34.1 Å². The van der Waals surface area contributed by atoms with Crippen molar-refractivity contribution < 1.29 is 4.79 Å². The molecule has 1 heteroatoms. The highest BCUT2D eigenvalue weighted by Gasteiger charge is 2.29. The second kappa shape index (κ2) is 3.95. The Morgan fingerprint density at radius 2 is 2.07 bits per heavy atom. The summed E-state index contributed by atoms with van der Waals surface area (Å²) in [7, 11) is 0. The molecule has 0 saturated carbocycles. The van der Waals surface area contributed by atoms with Crippen molar-refractivity contribution in [2.45, 2.75) is 34.1 Å². The van der Waals surface area contributed by atoms with Gasteiger partial charge in [0, 0.05) is 5.57 Å². The molecule has 0 saturated heterocycles. The Kier molecular flexibility index (Phi) is 3.10. The van der Waals surface area contributed by atoms with Crippen molar-refractivity contribution >= 4 is 5.78 Å². The fraction of sp³-hybridized carbons (Fsp3) is 0.462. The lowest BCUT2D eigenvalue weighted by molar-refractivity contribution is -0.112. The molecule has 0 bridgehead atoms. The smallest absolute Gasteiger partial charge is 0.182 e. The monoisotopic (exact) mass is 190 g/mol. The van der Waals surface area contributed by atoms with E-state index in [9.17, 15) is 4.79 Å². The molecule has 0 radical (unpaired) electrons. The number of carbonyl (C=O) groups is 1. The summed E-state index contributed by atoms with van der Waals surface area (Å²) in [5.41, 5.74) is 2.24. The third-order valence-corrected chi connectivity index (χ3v) is 2.57. The van der Waals surface area contributed by atoms with E-state index in [1.165, 1.54) is 5.57 Å². The van der Waals surface area contributed by atoms with Gasteiger partial charge in [-0.1, -0.05) is 37.6 Å². The van der Waals surface area contributed by atoms with Crippen molar-refractivity contribution in [3.8, 4) is 0 Å². The molecule has 1 nitrogen and oxygen atoms in total. The summed E-state index contributed by atoms with van der Waals surface area (Å²) in [4.78, 5) is 11.7. The molecule has 0 unspecified atom stereocenters. The maximum atomic E-state index is 11.7. The maximum absolute atomic E-state index is 11.7. The van der Waals surface area contributed by atoms with E-state index < -0.39 is 0 Å². The SMILES string of the molecule is CC=CC(=O)C1=CC=C(C)CC1(C)C. The molecule has 0 N–H and O–H groups in total. The molecule has 0 amide bonds. The quantitative estimate of drug-likeness (QED) is 0.610. The van der Waals surface area contributed by atoms with Crippen molar-refractivity contribution in [3.63, 3.8) is 0 Å². The standard InChI is InChI=1S/C13H18O/c1-5-6-12(14)11-8-7-10(2)9-13(11,3)4/h5-8H,9H2,1-4H3. The van der Waals surface area contributed by atoms with E-state index in [0.717, 1.165) is 12.0 Å². The van der Waals surface area contributed by atoms with Gasteiger partial charge >= 0.3 is 0 Å². The van der Waals surface area contributed by atoms with Crippen LogP contribution in [0.5, 0.6) is 0 Å². The van der Waals surface area contributed by atoms with Crippen LogP contribution in [0, 0.1) is 5.41 Å². The zero-order chi connectivity index (χ0) is 10.8. The molecule has 0 aromatic heterocycles. The van der Waals surface area contributed by atoms with Gasteiger partial charge < -0.3 is 0 Å². The minimum Gasteiger partial charge on any atom is -0.290 e. The maximum Gasteiger partial charge on any atom is 0.182 e. The van der Waals surface area contributed by atoms with Crippen LogP contribution in [-0.2, 0) is 4.79 Å². The number of rotatable bonds is 2. The summed E-state index contributed by atoms with van der Waals surface area (Å²) in [5, 5.41) is 0. The Balaban J connectivity index is 3.02. The van der Waals surface area contributed by atoms with Gasteiger partial charge in [0.05, 0.1) is 0 Å². The largest absolute Gasteiger partial charge is 0.290 e. The van der Waals surface area contributed by atoms with Crippen molar-refractivity contribution in [1.82, 2.24) is 0 Å². The minimum atomic E-state index is -0.0184. The fourth-order valence-corrected chi connectivity index (χ4v) is 1.96. The first kappa shape index (κ1) is 11.0. The predicted octanol–water partition coefficient (Wildman–Crippen LogP) is 3.43. The van der Waals surface area contributed by atoms with Gasteiger partial charge in [-0.3, -0.25) is 4.79 Å². The summed E-state index contributed by atoms with van der Waals surface area (Å²) in [5.74, 6) is 0.140. The van der Waals surface area contributed by atoms with Crippen molar-refractivity contribution in [2.24, 2.45) is 5.41 Å². The first-order valence-electron chi connectivity index (χ1n) is 5.02. The van der Waals surface area contributed by atoms with Gasteiger partial charge in [0.25, 0.3) is 0 Å². The van der Waals surface area contributed by atoms with Gasteiger partial charge in [-0.15, -0.1) is 0 Å². The lowest BCUT2D eigenvalue weighted by Gasteiger charge is -2.29. The van der Waals surface area contributed by atoms with Crippen LogP contribution in [0.25, 0.3) is 0 Å². The van der Waals surface area contributed by atoms with Gasteiger partial charge in [-0.2, -0.15) is 0 Å². The number of allylic oxidation sites excluding steroid dienone is 6. The Morgan fingerprint density at radius 1 is 1.43 bits per heavy atom. The van der Waals surface area contributed by atoms with Crippen molar-refractivity contribution in [2.75, 3.05) is 0 Å². The van der Waals surface area contributed by atoms with Crippen LogP contribution in [0.15, 0.2) is 35.5 Å². The Morgan fingerprint density at radius 3 is 2.57 bits per heavy atom. The number of hydrogen-bond acceptors (Lipinski definition) is 1. The van der Waals surface area contributed by atoms with E-state index in [4.69, 9.17) is 0 Å². The fourth-order valence-electron chi connectivity index (χ4n) is 1.96. The lowest BCUT2D eigenvalue weighted by atomic mass is 9.74. The van der Waals surface area contributed by atoms with E-state index in [1.54, 1.807) is 12.2 Å². The van der Waals surface area contributed by atoms with Crippen LogP contribution in [0.3, 0.4) is 0 Å². The van der Waals surface area contributed by atoms with Crippen LogP contribution >= 0.6 is 0 Å². The van der Waals surface area contributed by atoms with E-state index in [0.29, 0.717) is 0 Å². The second-order valence-corrected chi connectivity index (χ2v) is 4.52. The number of hydrogen-bond donors (Lipinski definition) is 0. The van der Waals surface area contributed by atoms with E-state index >= 15 is 0 Å². The molecule has 1 aliphatic rings. The average Bonchev–Trinajstić information content (AvgIpc) is 2.01. The summed E-state index contributed by atoms with van der Waals surface area (Å²) in [6.07, 6.45) is 8.41. The molecule has 0 aromatic rings. The molecule has 76 valence electrons. The molecule has 1 aliphatic carbocycles. The van der Waals surface area contributed by atoms with E-state index in [2.05, 4.69) is 20.8 Å². The van der Waals surface area contributed by atoms with Gasteiger partial charge in [0.1, 0.15) is 0 Å². The second-order valence-electron chi connectivity index (χ2n) is 4.52. The third-order valence-electron chi connectivity index (χ3n) is 2.57. The molecular formula is C13H18O. The highest BCUT2D eigenvalue weighted by molar-refractivity contribution is 6.05. The number of ketones is 1. The summed E-state index contributed by atoms with van der Waals surface area (Å²) < 4.78 is 0. The summed E-state index contributed by atoms with van der Waals surface area (Å²) in [6.45, 7) is 8.22. The van der Waals surface area contributed by atoms with Gasteiger partial charge in [0.15, 0.2) is 5.78 Å². The normalized spacial score (nSPS) is 20.6. The number of carbonyl (C=O) groups excluding carboxylic acids is 1. The Labute approximate surface area is 86.2 Å². The molecule has 0 spiro atoms. The molecule has 0 aliphatic heterocycles. The zero-order valence-corrected chi connectivity index (χ0v) is 9.42. The molecule has 1 rings (SSSR count). The van der Waals surface area contributed by atoms with Crippen LogP contribution in [-0.4, -0.2) is 5.78 Å². The van der Waals surface area contributed by atoms with Crippen LogP contribution in [0.2, 0.25) is 0 Å². The van der Waals surface area contributed by atoms with Gasteiger partial charge in [0.2, 0.25) is 0 Å². The molecule has 0 atom stereocenters. The van der Waals surface area contributed by atoms with E-state index in [-0.39, 0.29) is 11.2 Å². The van der Waals surface area contributed by atoms with Gasteiger partial charge in [-0.05, 0) is 31.8 Å². The molecule has 0 heterocycles. The highest BCUT2D eigenvalue weighted by atomic mass is 16.1. The summed E-state index contributed by atoms with van der Waals surface area (Å²) in [6, 6.07) is 0. The van der Waals surface area contributed by atoms with E-state index in [1.807, 2.05) is 19.1 Å². The van der Waals surface area contributed by atoms with Gasteiger partial charge in [-0.25, -0.2) is 0 Å². The minimum absolute atomic E-state index is 0.0184. The lowest BCUT2D eigenvalue weighted by Crippen LogP contribution is -2.22. The van der Waals surface area contributed by atoms with Crippen LogP contribution < -0.4 is 0 Å². The molecule has 14 heavy (non-hydrogen) atoms. The average molecular weight is 190 g/mol. The van der Waals surface area contributed by atoms with Crippen molar-refractivity contribution in [1.29, 1.82) is 0 Å². The molecule has 0 fully saturated rings. The Bertz CT molecular complexity index is 327. The third kappa shape index (κ3) is 2.22. The summed E-state index contributed by atoms with van der Waals surface area (Å²) >= 11 is 0. The first-order valence-corrected chi connectivity index (χ1v) is 5.02. The van der Waals surface area contributed by atoms with Crippen molar-refractivity contribution in [3.05, 3.63) is 35.5 Å². The Hall–Kier alpha value is -1.11. The molecular weight excluding hydrogens is 172 g/mol. The predicted molar refractivity (Wildman–Crippen MR) is 60.1 cm³/mol.